The Kier molecular flexibility index (Phi) is 6.41. The molecule has 3 aromatic carbocycles. The summed E-state index contributed by atoms with van der Waals surface area (Å²) in [6.07, 6.45) is -0.498. The monoisotopic (exact) mass is 457 g/mol. The topological polar surface area (TPSA) is 77.8 Å². The lowest BCUT2D eigenvalue weighted by atomic mass is 9.96. The van der Waals surface area contributed by atoms with Gasteiger partial charge in [0.25, 0.3) is 0 Å². The molecule has 1 amide bonds. The highest BCUT2D eigenvalue weighted by atomic mass is 16.6. The molecule has 0 unspecified atom stereocenters. The van der Waals surface area contributed by atoms with Crippen molar-refractivity contribution in [3.05, 3.63) is 84.1 Å². The summed E-state index contributed by atoms with van der Waals surface area (Å²) in [7, 11) is 1.37. The summed E-state index contributed by atoms with van der Waals surface area (Å²) in [5.74, 6) is 0.250. The number of rotatable bonds is 5. The van der Waals surface area contributed by atoms with E-state index in [2.05, 4.69) is 11.4 Å². The number of carbonyl (C=O) groups excluding carboxylic acids is 2. The lowest BCUT2D eigenvalue weighted by molar-refractivity contribution is 0.0519. The number of carbonyl (C=O) groups is 2. The van der Waals surface area contributed by atoms with Crippen molar-refractivity contribution in [1.82, 2.24) is 5.32 Å². The maximum atomic E-state index is 12.1. The standard InChI is InChI=1S/C28H27NO5/c1-28(2,3)34-27(31)29-17-23-15-22-14-21(18-10-12-20(13-11-18)26(30)32-4)16-24(25(22)33-23)19-8-6-5-7-9-19/h5-16H,17H2,1-4H3,(H,29,31). The highest BCUT2D eigenvalue weighted by Crippen LogP contribution is 2.36. The minimum absolute atomic E-state index is 0.209. The Morgan fingerprint density at radius 3 is 2.24 bits per heavy atom. The van der Waals surface area contributed by atoms with E-state index >= 15 is 0 Å². The van der Waals surface area contributed by atoms with Crippen LogP contribution in [0.5, 0.6) is 0 Å². The summed E-state index contributed by atoms with van der Waals surface area (Å²) in [5, 5.41) is 3.66. The summed E-state index contributed by atoms with van der Waals surface area (Å²) in [5.41, 5.74) is 4.56. The van der Waals surface area contributed by atoms with Crippen LogP contribution >= 0.6 is 0 Å². The van der Waals surface area contributed by atoms with Crippen LogP contribution in [0.25, 0.3) is 33.2 Å². The van der Waals surface area contributed by atoms with Crippen molar-refractivity contribution in [1.29, 1.82) is 0 Å². The summed E-state index contributed by atoms with van der Waals surface area (Å²) in [6, 6.07) is 23.3. The molecular formula is C28H27NO5. The smallest absolute Gasteiger partial charge is 0.408 e. The van der Waals surface area contributed by atoms with Crippen LogP contribution in [0.2, 0.25) is 0 Å². The zero-order chi connectivity index (χ0) is 24.3. The largest absolute Gasteiger partial charge is 0.465 e. The molecule has 1 heterocycles. The number of alkyl carbamates (subject to hydrolysis) is 1. The lowest BCUT2D eigenvalue weighted by Gasteiger charge is -2.19. The number of benzene rings is 3. The molecule has 0 aliphatic heterocycles. The molecule has 0 aliphatic rings. The van der Waals surface area contributed by atoms with Crippen molar-refractivity contribution in [2.24, 2.45) is 0 Å². The van der Waals surface area contributed by atoms with Crippen molar-refractivity contribution < 1.29 is 23.5 Å². The van der Waals surface area contributed by atoms with Gasteiger partial charge in [-0.05, 0) is 67.8 Å². The Labute approximate surface area is 198 Å². The second kappa shape index (κ2) is 9.43. The third-order valence-electron chi connectivity index (χ3n) is 5.20. The van der Waals surface area contributed by atoms with Crippen molar-refractivity contribution in [2.45, 2.75) is 32.9 Å². The second-order valence-corrected chi connectivity index (χ2v) is 8.95. The highest BCUT2D eigenvalue weighted by molar-refractivity contribution is 5.97. The Balaban J connectivity index is 1.71. The van der Waals surface area contributed by atoms with Crippen LogP contribution in [0.1, 0.15) is 36.9 Å². The minimum atomic E-state index is -0.573. The maximum Gasteiger partial charge on any atom is 0.408 e. The van der Waals surface area contributed by atoms with Crippen LogP contribution in [-0.2, 0) is 16.0 Å². The van der Waals surface area contributed by atoms with Crippen molar-refractivity contribution in [3.8, 4) is 22.3 Å². The average Bonchev–Trinajstić information content (AvgIpc) is 3.24. The molecule has 4 aromatic rings. The predicted molar refractivity (Wildman–Crippen MR) is 131 cm³/mol. The number of hydrogen-bond acceptors (Lipinski definition) is 5. The van der Waals surface area contributed by atoms with E-state index in [4.69, 9.17) is 13.9 Å². The van der Waals surface area contributed by atoms with Crippen LogP contribution in [0, 0.1) is 0 Å². The first kappa shape index (κ1) is 23.1. The van der Waals surface area contributed by atoms with Gasteiger partial charge in [0.05, 0.1) is 19.2 Å². The van der Waals surface area contributed by atoms with Gasteiger partial charge in [-0.1, -0.05) is 42.5 Å². The van der Waals surface area contributed by atoms with Crippen LogP contribution in [0.15, 0.2) is 77.2 Å². The molecule has 0 saturated heterocycles. The number of ether oxygens (including phenoxy) is 2. The fourth-order valence-electron chi connectivity index (χ4n) is 3.68. The highest BCUT2D eigenvalue weighted by Gasteiger charge is 2.18. The van der Waals surface area contributed by atoms with Gasteiger partial charge in [-0.3, -0.25) is 0 Å². The summed E-state index contributed by atoms with van der Waals surface area (Å²) < 4.78 is 16.3. The van der Waals surface area contributed by atoms with E-state index in [9.17, 15) is 9.59 Å². The fraction of sp³-hybridized carbons (Fsp3) is 0.214. The molecule has 34 heavy (non-hydrogen) atoms. The van der Waals surface area contributed by atoms with E-state index in [0.717, 1.165) is 33.2 Å². The SMILES string of the molecule is COC(=O)c1ccc(-c2cc(-c3ccccc3)c3oc(CNC(=O)OC(C)(C)C)cc3c2)cc1. The van der Waals surface area contributed by atoms with Crippen LogP contribution in [0.3, 0.4) is 0 Å². The van der Waals surface area contributed by atoms with Gasteiger partial charge < -0.3 is 19.2 Å². The number of esters is 1. The molecule has 6 nitrogen and oxygen atoms in total. The van der Waals surface area contributed by atoms with Crippen molar-refractivity contribution in [2.75, 3.05) is 7.11 Å². The van der Waals surface area contributed by atoms with Crippen LogP contribution in [-0.4, -0.2) is 24.8 Å². The second-order valence-electron chi connectivity index (χ2n) is 8.95. The third kappa shape index (κ3) is 5.29. The Morgan fingerprint density at radius 2 is 1.59 bits per heavy atom. The van der Waals surface area contributed by atoms with Gasteiger partial charge in [0.2, 0.25) is 0 Å². The molecule has 0 fully saturated rings. The fourth-order valence-corrected chi connectivity index (χ4v) is 3.68. The zero-order valence-electron chi connectivity index (χ0n) is 19.7. The van der Waals surface area contributed by atoms with Gasteiger partial charge in [0.15, 0.2) is 0 Å². The van der Waals surface area contributed by atoms with Gasteiger partial charge in [-0.2, -0.15) is 0 Å². The van der Waals surface area contributed by atoms with E-state index < -0.39 is 11.7 Å². The number of amides is 1. The Morgan fingerprint density at radius 1 is 0.882 bits per heavy atom. The maximum absolute atomic E-state index is 12.1. The summed E-state index contributed by atoms with van der Waals surface area (Å²) >= 11 is 0. The molecule has 0 atom stereocenters. The first-order valence-corrected chi connectivity index (χ1v) is 11.0. The lowest BCUT2D eigenvalue weighted by Crippen LogP contribution is -2.32. The van der Waals surface area contributed by atoms with Gasteiger partial charge in [-0.15, -0.1) is 0 Å². The number of hydrogen-bond donors (Lipinski definition) is 1. The van der Waals surface area contributed by atoms with E-state index in [1.165, 1.54) is 7.11 Å². The molecule has 0 bridgehead atoms. The van der Waals surface area contributed by atoms with Gasteiger partial charge in [0, 0.05) is 10.9 Å². The third-order valence-corrected chi connectivity index (χ3v) is 5.20. The quantitative estimate of drug-likeness (QED) is 0.343. The van der Waals surface area contributed by atoms with Crippen LogP contribution in [0.4, 0.5) is 4.79 Å². The molecule has 174 valence electrons. The molecule has 1 N–H and O–H groups in total. The average molecular weight is 458 g/mol. The number of furan rings is 1. The van der Waals surface area contributed by atoms with Crippen LogP contribution < -0.4 is 5.32 Å². The molecule has 0 saturated carbocycles. The molecule has 6 heteroatoms. The first-order valence-electron chi connectivity index (χ1n) is 11.0. The van der Waals surface area contributed by atoms with Gasteiger partial charge >= 0.3 is 12.1 Å². The zero-order valence-corrected chi connectivity index (χ0v) is 19.7. The van der Waals surface area contributed by atoms with E-state index in [1.54, 1.807) is 12.1 Å². The Bertz CT molecular complexity index is 1310. The number of fused-ring (bicyclic) bond motifs is 1. The predicted octanol–water partition coefficient (Wildman–Crippen LogP) is 6.58. The molecule has 1 aromatic heterocycles. The summed E-state index contributed by atoms with van der Waals surface area (Å²) in [4.78, 5) is 23.9. The number of nitrogens with one attached hydrogen (secondary N) is 1. The molecule has 0 radical (unpaired) electrons. The Hall–Kier alpha value is -4.06. The summed E-state index contributed by atoms with van der Waals surface area (Å²) in [6.45, 7) is 5.67. The van der Waals surface area contributed by atoms with Crippen molar-refractivity contribution in [3.63, 3.8) is 0 Å². The van der Waals surface area contributed by atoms with E-state index in [-0.39, 0.29) is 12.5 Å². The van der Waals surface area contributed by atoms with E-state index in [1.807, 2.05) is 75.4 Å². The minimum Gasteiger partial charge on any atom is -0.465 e. The van der Waals surface area contributed by atoms with Crippen molar-refractivity contribution >= 4 is 23.0 Å². The van der Waals surface area contributed by atoms with E-state index in [0.29, 0.717) is 11.3 Å². The molecular weight excluding hydrogens is 430 g/mol. The first-order chi connectivity index (χ1) is 16.2. The normalized spacial score (nSPS) is 11.3. The number of methoxy groups -OCH3 is 1. The molecule has 0 spiro atoms. The molecule has 0 aliphatic carbocycles. The molecule has 4 rings (SSSR count). The van der Waals surface area contributed by atoms with Gasteiger partial charge in [0.1, 0.15) is 16.9 Å². The van der Waals surface area contributed by atoms with Gasteiger partial charge in [-0.25, -0.2) is 9.59 Å².